The van der Waals surface area contributed by atoms with Crippen molar-refractivity contribution in [2.24, 2.45) is 0 Å². The molecule has 3 fully saturated rings. The van der Waals surface area contributed by atoms with E-state index in [2.05, 4.69) is 5.32 Å². The zero-order valence-electron chi connectivity index (χ0n) is 15.3. The fraction of sp³-hybridized carbons (Fsp3) is 0.600. The number of fused-ring (bicyclic) bond motifs is 1. The molecule has 146 valence electrons. The van der Waals surface area contributed by atoms with Crippen LogP contribution in [-0.4, -0.2) is 59.0 Å². The monoisotopic (exact) mass is 374 g/mol. The maximum absolute atomic E-state index is 13.3. The summed E-state index contributed by atoms with van der Waals surface area (Å²) in [7, 11) is 0. The SMILES string of the molecule is O=C(NCc1ccccc1)OC1(C(=O)N2CC[C@H]3OC[C@H](O)[C@H]32)CCCC1. The molecule has 2 N–H and O–H groups in total. The number of likely N-dealkylation sites (tertiary alicyclic amines) is 1. The Morgan fingerprint density at radius 2 is 2.00 bits per heavy atom. The smallest absolute Gasteiger partial charge is 0.408 e. The third-order valence-electron chi connectivity index (χ3n) is 5.90. The van der Waals surface area contributed by atoms with E-state index in [-0.39, 0.29) is 24.7 Å². The summed E-state index contributed by atoms with van der Waals surface area (Å²) in [6, 6.07) is 9.24. The van der Waals surface area contributed by atoms with Crippen molar-refractivity contribution < 1.29 is 24.2 Å². The lowest BCUT2D eigenvalue weighted by atomic mass is 9.98. The van der Waals surface area contributed by atoms with Crippen LogP contribution >= 0.6 is 0 Å². The lowest BCUT2D eigenvalue weighted by Gasteiger charge is -2.35. The van der Waals surface area contributed by atoms with Crippen LogP contribution in [-0.2, 0) is 20.8 Å². The molecule has 3 atom stereocenters. The summed E-state index contributed by atoms with van der Waals surface area (Å²) in [5, 5.41) is 12.9. The number of carbonyl (C=O) groups is 2. The van der Waals surface area contributed by atoms with Crippen LogP contribution in [0.25, 0.3) is 0 Å². The van der Waals surface area contributed by atoms with Gasteiger partial charge in [0.1, 0.15) is 6.10 Å². The van der Waals surface area contributed by atoms with Gasteiger partial charge >= 0.3 is 6.09 Å². The molecule has 1 aliphatic carbocycles. The molecule has 1 aromatic carbocycles. The van der Waals surface area contributed by atoms with Crippen LogP contribution in [0.5, 0.6) is 0 Å². The van der Waals surface area contributed by atoms with Gasteiger partial charge in [-0.2, -0.15) is 0 Å². The maximum atomic E-state index is 13.3. The second-order valence-corrected chi connectivity index (χ2v) is 7.65. The number of hydrogen-bond donors (Lipinski definition) is 2. The average Bonchev–Trinajstić information content (AvgIpc) is 3.39. The number of carbonyl (C=O) groups excluding carboxylic acids is 2. The van der Waals surface area contributed by atoms with Crippen molar-refractivity contribution in [2.75, 3.05) is 13.2 Å². The van der Waals surface area contributed by atoms with E-state index in [4.69, 9.17) is 9.47 Å². The fourth-order valence-electron chi connectivity index (χ4n) is 4.53. The largest absolute Gasteiger partial charge is 0.433 e. The molecule has 0 radical (unpaired) electrons. The van der Waals surface area contributed by atoms with Gasteiger partial charge in [0.15, 0.2) is 5.60 Å². The van der Waals surface area contributed by atoms with Crippen molar-refractivity contribution >= 4 is 12.0 Å². The molecule has 2 amide bonds. The molecule has 0 unspecified atom stereocenters. The molecular weight excluding hydrogens is 348 g/mol. The van der Waals surface area contributed by atoms with Gasteiger partial charge in [-0.3, -0.25) is 4.79 Å². The second-order valence-electron chi connectivity index (χ2n) is 7.65. The number of amides is 2. The fourth-order valence-corrected chi connectivity index (χ4v) is 4.53. The molecular formula is C20H26N2O5. The van der Waals surface area contributed by atoms with E-state index >= 15 is 0 Å². The van der Waals surface area contributed by atoms with Crippen LogP contribution < -0.4 is 5.32 Å². The van der Waals surface area contributed by atoms with Crippen molar-refractivity contribution in [2.45, 2.75) is 62.5 Å². The first-order chi connectivity index (χ1) is 13.1. The topological polar surface area (TPSA) is 88.1 Å². The third kappa shape index (κ3) is 3.53. The number of benzene rings is 1. The predicted octanol–water partition coefficient (Wildman–Crippen LogP) is 1.59. The van der Waals surface area contributed by atoms with E-state index in [9.17, 15) is 14.7 Å². The standard InChI is InChI=1S/C20H26N2O5/c23-15-13-26-16-8-11-22(17(15)16)18(24)20(9-4-5-10-20)27-19(25)21-12-14-6-2-1-3-7-14/h1-3,6-7,15-17,23H,4-5,8-13H2,(H,21,25)/t15-,16+,17+/m0/s1. The Kier molecular flexibility index (Phi) is 5.06. The predicted molar refractivity (Wildman–Crippen MR) is 96.8 cm³/mol. The summed E-state index contributed by atoms with van der Waals surface area (Å²) < 4.78 is 11.3. The van der Waals surface area contributed by atoms with E-state index in [0.29, 0.717) is 32.4 Å². The number of nitrogens with zero attached hydrogens (tertiary/aromatic N) is 1. The summed E-state index contributed by atoms with van der Waals surface area (Å²) in [6.07, 6.45) is 2.08. The first-order valence-electron chi connectivity index (χ1n) is 9.71. The quantitative estimate of drug-likeness (QED) is 0.836. The minimum Gasteiger partial charge on any atom is -0.433 e. The van der Waals surface area contributed by atoms with Crippen molar-refractivity contribution in [3.05, 3.63) is 35.9 Å². The molecule has 4 rings (SSSR count). The lowest BCUT2D eigenvalue weighted by Crippen LogP contribution is -2.55. The molecule has 7 nitrogen and oxygen atoms in total. The van der Waals surface area contributed by atoms with Gasteiger partial charge in [0.05, 0.1) is 18.8 Å². The van der Waals surface area contributed by atoms with Crippen molar-refractivity contribution in [1.29, 1.82) is 0 Å². The number of rotatable bonds is 4. The minimum absolute atomic E-state index is 0.116. The average molecular weight is 374 g/mol. The molecule has 7 heteroatoms. The van der Waals surface area contributed by atoms with Gasteiger partial charge in [0.2, 0.25) is 0 Å². The molecule has 2 aliphatic heterocycles. The normalized spacial score (nSPS) is 28.8. The number of aliphatic hydroxyl groups excluding tert-OH is 1. The summed E-state index contributed by atoms with van der Waals surface area (Å²) >= 11 is 0. The zero-order chi connectivity index (χ0) is 18.9. The second kappa shape index (κ2) is 7.48. The molecule has 3 aliphatic rings. The van der Waals surface area contributed by atoms with E-state index in [0.717, 1.165) is 18.4 Å². The molecule has 0 bridgehead atoms. The molecule has 0 spiro atoms. The van der Waals surface area contributed by atoms with Crippen LogP contribution in [0.2, 0.25) is 0 Å². The van der Waals surface area contributed by atoms with Crippen LogP contribution in [0.3, 0.4) is 0 Å². The van der Waals surface area contributed by atoms with Gasteiger partial charge in [-0.1, -0.05) is 30.3 Å². The van der Waals surface area contributed by atoms with E-state index < -0.39 is 17.8 Å². The van der Waals surface area contributed by atoms with E-state index in [1.807, 2.05) is 30.3 Å². The van der Waals surface area contributed by atoms with E-state index in [1.165, 1.54) is 0 Å². The Balaban J connectivity index is 1.43. The van der Waals surface area contributed by atoms with Gasteiger partial charge in [-0.25, -0.2) is 4.79 Å². The Labute approximate surface area is 158 Å². The van der Waals surface area contributed by atoms with Gasteiger partial charge in [-0.15, -0.1) is 0 Å². The summed E-state index contributed by atoms with van der Waals surface area (Å²) in [6.45, 7) is 1.14. The van der Waals surface area contributed by atoms with Crippen LogP contribution in [0.15, 0.2) is 30.3 Å². The Hall–Kier alpha value is -2.12. The van der Waals surface area contributed by atoms with Crippen LogP contribution in [0.1, 0.15) is 37.7 Å². The molecule has 0 aromatic heterocycles. The number of nitrogens with one attached hydrogen (secondary N) is 1. The van der Waals surface area contributed by atoms with Crippen molar-refractivity contribution in [3.63, 3.8) is 0 Å². The molecule has 2 saturated heterocycles. The molecule has 2 heterocycles. The van der Waals surface area contributed by atoms with Crippen molar-refractivity contribution in [1.82, 2.24) is 10.2 Å². The molecule has 1 saturated carbocycles. The number of aliphatic hydroxyl groups is 1. The Morgan fingerprint density at radius 3 is 2.74 bits per heavy atom. The van der Waals surface area contributed by atoms with E-state index in [1.54, 1.807) is 4.90 Å². The van der Waals surface area contributed by atoms with Gasteiger partial charge < -0.3 is 24.8 Å². The highest BCUT2D eigenvalue weighted by Crippen LogP contribution is 2.39. The molecule has 27 heavy (non-hydrogen) atoms. The van der Waals surface area contributed by atoms with Gasteiger partial charge in [-0.05, 0) is 37.7 Å². The first-order valence-corrected chi connectivity index (χ1v) is 9.71. The summed E-state index contributed by atoms with van der Waals surface area (Å²) in [4.78, 5) is 27.4. The van der Waals surface area contributed by atoms with Crippen molar-refractivity contribution in [3.8, 4) is 0 Å². The van der Waals surface area contributed by atoms with Crippen LogP contribution in [0, 0.1) is 0 Å². The highest BCUT2D eigenvalue weighted by molar-refractivity contribution is 5.88. The van der Waals surface area contributed by atoms with Gasteiger partial charge in [0, 0.05) is 13.1 Å². The first kappa shape index (κ1) is 18.3. The third-order valence-corrected chi connectivity index (χ3v) is 5.90. The molecule has 1 aromatic rings. The maximum Gasteiger partial charge on any atom is 0.408 e. The summed E-state index contributed by atoms with van der Waals surface area (Å²) in [5.41, 5.74) is -0.160. The van der Waals surface area contributed by atoms with Gasteiger partial charge in [0.25, 0.3) is 5.91 Å². The van der Waals surface area contributed by atoms with Crippen LogP contribution in [0.4, 0.5) is 4.79 Å². The minimum atomic E-state index is -1.13. The number of hydrogen-bond acceptors (Lipinski definition) is 5. The number of ether oxygens (including phenoxy) is 2. The Bertz CT molecular complexity index is 689. The Morgan fingerprint density at radius 1 is 1.26 bits per heavy atom. The lowest BCUT2D eigenvalue weighted by molar-refractivity contribution is -0.153. The zero-order valence-corrected chi connectivity index (χ0v) is 15.3. The summed E-state index contributed by atoms with van der Waals surface area (Å²) in [5.74, 6) is -0.188. The highest BCUT2D eigenvalue weighted by Gasteiger charge is 2.54. The highest BCUT2D eigenvalue weighted by atomic mass is 16.6. The number of alkyl carbamates (subject to hydrolysis) is 1.